The van der Waals surface area contributed by atoms with E-state index in [0.717, 1.165) is 5.56 Å². The molecular formula is C17H20Cl2N4O4S. The number of nitrogens with zero attached hydrogens (tertiary/aromatic N) is 2. The van der Waals surface area contributed by atoms with Crippen molar-refractivity contribution in [3.05, 3.63) is 52.0 Å². The number of guanidine groups is 1. The van der Waals surface area contributed by atoms with Gasteiger partial charge in [0.25, 0.3) is 0 Å². The molecule has 0 unspecified atom stereocenters. The molecule has 0 amide bonds. The van der Waals surface area contributed by atoms with Gasteiger partial charge in [-0.05, 0) is 43.7 Å². The van der Waals surface area contributed by atoms with Crippen molar-refractivity contribution in [3.8, 4) is 11.5 Å². The smallest absolute Gasteiger partial charge is 0.340 e. The number of benzene rings is 2. The van der Waals surface area contributed by atoms with Crippen LogP contribution in [0.4, 0.5) is 0 Å². The maximum absolute atomic E-state index is 12.3. The normalized spacial score (nSPS) is 10.3. The predicted molar refractivity (Wildman–Crippen MR) is 112 cm³/mol. The van der Waals surface area contributed by atoms with Gasteiger partial charge in [-0.25, -0.2) is 0 Å². The summed E-state index contributed by atoms with van der Waals surface area (Å²) in [6.45, 7) is 7.12. The highest BCUT2D eigenvalue weighted by atomic mass is 35.5. The summed E-state index contributed by atoms with van der Waals surface area (Å²) < 4.78 is 35.2. The maximum Gasteiger partial charge on any atom is 0.340 e. The second-order valence-electron chi connectivity index (χ2n) is 5.17. The zero-order chi connectivity index (χ0) is 21.3. The molecular weight excluding hydrogens is 427 g/mol. The average Bonchev–Trinajstić information content (AvgIpc) is 2.57. The van der Waals surface area contributed by atoms with E-state index in [9.17, 15) is 8.42 Å². The van der Waals surface area contributed by atoms with E-state index in [0.29, 0.717) is 12.4 Å². The van der Waals surface area contributed by atoms with Crippen LogP contribution in [0, 0.1) is 6.92 Å². The molecule has 0 spiro atoms. The van der Waals surface area contributed by atoms with Crippen LogP contribution >= 0.6 is 23.2 Å². The molecule has 28 heavy (non-hydrogen) atoms. The third kappa shape index (κ3) is 7.26. The lowest BCUT2D eigenvalue weighted by Crippen LogP contribution is -2.21. The number of nitrogens with two attached hydrogens (primary N) is 2. The molecule has 2 aromatic rings. The number of hydrogen-bond acceptors (Lipinski definition) is 6. The molecule has 0 saturated carbocycles. The van der Waals surface area contributed by atoms with Crippen molar-refractivity contribution in [3.63, 3.8) is 0 Å². The summed E-state index contributed by atoms with van der Waals surface area (Å²) in [6.07, 6.45) is 0. The van der Waals surface area contributed by atoms with Crippen molar-refractivity contribution in [1.82, 2.24) is 0 Å². The predicted octanol–water partition coefficient (Wildman–Crippen LogP) is 3.34. The van der Waals surface area contributed by atoms with E-state index in [4.69, 9.17) is 43.6 Å². The first-order chi connectivity index (χ1) is 13.1. The molecule has 152 valence electrons. The average molecular weight is 447 g/mol. The molecule has 0 bridgehead atoms. The van der Waals surface area contributed by atoms with E-state index in [1.54, 1.807) is 12.1 Å². The van der Waals surface area contributed by atoms with Crippen LogP contribution in [0.3, 0.4) is 0 Å². The third-order valence-electron chi connectivity index (χ3n) is 2.91. The minimum absolute atomic E-state index is 0.0648. The summed E-state index contributed by atoms with van der Waals surface area (Å²) in [6, 6.07) is 9.22. The van der Waals surface area contributed by atoms with Gasteiger partial charge in [-0.3, -0.25) is 0 Å². The second kappa shape index (κ2) is 10.7. The van der Waals surface area contributed by atoms with Crippen LogP contribution in [-0.4, -0.2) is 27.7 Å². The Morgan fingerprint density at radius 2 is 1.82 bits per heavy atom. The number of ether oxygens (including phenoxy) is 1. The number of rotatable bonds is 6. The molecule has 0 aliphatic carbocycles. The van der Waals surface area contributed by atoms with Crippen molar-refractivity contribution in [1.29, 1.82) is 0 Å². The SMILES string of the molecule is C=NN=C(N)N.CCOc1cc(C)cc(OS(=O)(=O)c2cccc(Cl)c2Cl)c1. The third-order valence-corrected chi connectivity index (χ3v) is 5.13. The van der Waals surface area contributed by atoms with E-state index in [2.05, 4.69) is 16.9 Å². The van der Waals surface area contributed by atoms with Crippen molar-refractivity contribution in [2.75, 3.05) is 6.61 Å². The Kier molecular flexibility index (Phi) is 9.04. The Morgan fingerprint density at radius 3 is 2.36 bits per heavy atom. The Morgan fingerprint density at radius 1 is 1.18 bits per heavy atom. The minimum Gasteiger partial charge on any atom is -0.494 e. The number of halogens is 2. The van der Waals surface area contributed by atoms with E-state index >= 15 is 0 Å². The first-order valence-corrected chi connectivity index (χ1v) is 9.94. The highest BCUT2D eigenvalue weighted by Gasteiger charge is 2.22. The van der Waals surface area contributed by atoms with Crippen LogP contribution in [0.25, 0.3) is 0 Å². The first-order valence-electron chi connectivity index (χ1n) is 7.78. The van der Waals surface area contributed by atoms with E-state index in [1.165, 1.54) is 24.3 Å². The van der Waals surface area contributed by atoms with Crippen molar-refractivity contribution in [2.24, 2.45) is 21.7 Å². The molecule has 8 nitrogen and oxygen atoms in total. The molecule has 2 aromatic carbocycles. The van der Waals surface area contributed by atoms with Gasteiger partial charge >= 0.3 is 10.1 Å². The Hall–Kier alpha value is -2.49. The van der Waals surface area contributed by atoms with Gasteiger partial charge in [0.15, 0.2) is 0 Å². The van der Waals surface area contributed by atoms with E-state index in [-0.39, 0.29) is 26.6 Å². The quantitative estimate of drug-likeness (QED) is 0.302. The zero-order valence-electron chi connectivity index (χ0n) is 15.2. The monoisotopic (exact) mass is 446 g/mol. The van der Waals surface area contributed by atoms with E-state index in [1.807, 2.05) is 13.8 Å². The highest BCUT2D eigenvalue weighted by molar-refractivity contribution is 7.87. The summed E-state index contributed by atoms with van der Waals surface area (Å²) >= 11 is 11.8. The van der Waals surface area contributed by atoms with Gasteiger partial charge in [-0.2, -0.15) is 13.5 Å². The Labute approximate surface area is 173 Å². The number of hydrogen-bond donors (Lipinski definition) is 2. The van der Waals surface area contributed by atoms with Crippen LogP contribution in [0.5, 0.6) is 11.5 Å². The molecule has 0 aromatic heterocycles. The molecule has 11 heteroatoms. The van der Waals surface area contributed by atoms with Gasteiger partial charge in [0, 0.05) is 12.8 Å². The van der Waals surface area contributed by atoms with Crippen molar-refractivity contribution >= 4 is 46.0 Å². The summed E-state index contributed by atoms with van der Waals surface area (Å²) in [7, 11) is -4.09. The molecule has 0 radical (unpaired) electrons. The van der Waals surface area contributed by atoms with Crippen LogP contribution in [0.15, 0.2) is 51.5 Å². The lowest BCUT2D eigenvalue weighted by atomic mass is 10.2. The van der Waals surface area contributed by atoms with Crippen LogP contribution < -0.4 is 20.4 Å². The molecule has 0 saturated heterocycles. The topological polar surface area (TPSA) is 129 Å². The lowest BCUT2D eigenvalue weighted by Gasteiger charge is -2.11. The second-order valence-corrected chi connectivity index (χ2v) is 7.47. The fourth-order valence-corrected chi connectivity index (χ4v) is 3.60. The van der Waals surface area contributed by atoms with Crippen LogP contribution in [0.1, 0.15) is 12.5 Å². The zero-order valence-corrected chi connectivity index (χ0v) is 17.6. The summed E-state index contributed by atoms with van der Waals surface area (Å²) in [4.78, 5) is -0.180. The van der Waals surface area contributed by atoms with Gasteiger partial charge in [0.05, 0.1) is 16.7 Å². The maximum atomic E-state index is 12.3. The van der Waals surface area contributed by atoms with E-state index < -0.39 is 10.1 Å². The van der Waals surface area contributed by atoms with Gasteiger partial charge in [-0.1, -0.05) is 29.3 Å². The van der Waals surface area contributed by atoms with Gasteiger partial charge < -0.3 is 20.4 Å². The molecule has 0 heterocycles. The van der Waals surface area contributed by atoms with Crippen molar-refractivity contribution < 1.29 is 17.3 Å². The number of aryl methyl sites for hydroxylation is 1. The van der Waals surface area contributed by atoms with Crippen LogP contribution in [0.2, 0.25) is 10.0 Å². The molecule has 0 atom stereocenters. The Balaban J connectivity index is 0.000000568. The highest BCUT2D eigenvalue weighted by Crippen LogP contribution is 2.32. The Bertz CT molecular complexity index is 962. The first kappa shape index (κ1) is 23.5. The fraction of sp³-hybridized carbons (Fsp3) is 0.176. The van der Waals surface area contributed by atoms with Crippen molar-refractivity contribution in [2.45, 2.75) is 18.7 Å². The van der Waals surface area contributed by atoms with Gasteiger partial charge in [0.2, 0.25) is 5.96 Å². The lowest BCUT2D eigenvalue weighted by molar-refractivity contribution is 0.338. The summed E-state index contributed by atoms with van der Waals surface area (Å²) in [5, 5.41) is 6.21. The summed E-state index contributed by atoms with van der Waals surface area (Å²) in [5.41, 5.74) is 10.4. The minimum atomic E-state index is -4.09. The van der Waals surface area contributed by atoms with Crippen LogP contribution in [-0.2, 0) is 10.1 Å². The summed E-state index contributed by atoms with van der Waals surface area (Å²) in [5.74, 6) is 0.620. The fourth-order valence-electron chi connectivity index (χ4n) is 1.94. The molecule has 2 rings (SSSR count). The van der Waals surface area contributed by atoms with Gasteiger partial charge in [0.1, 0.15) is 16.4 Å². The van der Waals surface area contributed by atoms with Gasteiger partial charge in [-0.15, -0.1) is 5.10 Å². The largest absolute Gasteiger partial charge is 0.494 e. The standard InChI is InChI=1S/C15H14Cl2O4S.C2H6N4/c1-3-20-11-7-10(2)8-12(9-11)21-22(18,19)14-6-4-5-13(16)15(14)17;1-5-6-2(3)4/h4-9H,3H2,1-2H3;1H2,(H4,3,4,6). The molecule has 0 fully saturated rings. The molecule has 0 aliphatic rings. The molecule has 0 aliphatic heterocycles. The molecule has 4 N–H and O–H groups in total.